The number of hydrogen-bond donors (Lipinski definition) is 2. The standard InChI is InChI=1S/C19H19N5O3/c1-12-5-7-13(8-6-12)24-15-4-2-3-14(15)18(22-24)19(27)20-16-9-10-23(21-16)11-17(25)26/h5-10H,2-4,11H2,1H3,(H,25,26)(H,20,21,27). The average molecular weight is 365 g/mol. The highest BCUT2D eigenvalue weighted by atomic mass is 16.4. The molecule has 0 bridgehead atoms. The molecular formula is C19H19N5O3. The Balaban J connectivity index is 1.61. The number of hydrogen-bond acceptors (Lipinski definition) is 4. The van der Waals surface area contributed by atoms with Gasteiger partial charge in [-0.05, 0) is 38.3 Å². The van der Waals surface area contributed by atoms with Gasteiger partial charge in [0, 0.05) is 23.5 Å². The fraction of sp³-hybridized carbons (Fsp3) is 0.263. The molecule has 8 heteroatoms. The van der Waals surface area contributed by atoms with Gasteiger partial charge in [0.2, 0.25) is 0 Å². The molecule has 1 amide bonds. The van der Waals surface area contributed by atoms with Gasteiger partial charge in [-0.15, -0.1) is 0 Å². The van der Waals surface area contributed by atoms with Crippen molar-refractivity contribution in [2.75, 3.05) is 5.32 Å². The van der Waals surface area contributed by atoms with Gasteiger partial charge in [0.05, 0.1) is 5.69 Å². The van der Waals surface area contributed by atoms with Crippen molar-refractivity contribution < 1.29 is 14.7 Å². The monoisotopic (exact) mass is 365 g/mol. The zero-order chi connectivity index (χ0) is 19.0. The molecule has 8 nitrogen and oxygen atoms in total. The van der Waals surface area contributed by atoms with Crippen molar-refractivity contribution in [3.05, 3.63) is 59.0 Å². The number of aromatic nitrogens is 4. The number of rotatable bonds is 5. The average Bonchev–Trinajstić information content (AvgIpc) is 3.32. The minimum atomic E-state index is -0.995. The summed E-state index contributed by atoms with van der Waals surface area (Å²) < 4.78 is 3.10. The van der Waals surface area contributed by atoms with E-state index < -0.39 is 5.97 Å². The van der Waals surface area contributed by atoms with Crippen molar-refractivity contribution in [1.82, 2.24) is 19.6 Å². The van der Waals surface area contributed by atoms with Crippen LogP contribution in [0.25, 0.3) is 5.69 Å². The predicted molar refractivity (Wildman–Crippen MR) is 98.1 cm³/mol. The van der Waals surface area contributed by atoms with Crippen LogP contribution in [0.5, 0.6) is 0 Å². The van der Waals surface area contributed by atoms with Gasteiger partial charge in [-0.25, -0.2) is 4.68 Å². The van der Waals surface area contributed by atoms with Gasteiger partial charge in [-0.1, -0.05) is 17.7 Å². The largest absolute Gasteiger partial charge is 0.480 e. The van der Waals surface area contributed by atoms with E-state index in [1.54, 1.807) is 6.07 Å². The van der Waals surface area contributed by atoms with Gasteiger partial charge in [0.1, 0.15) is 6.54 Å². The number of carboxylic acids is 1. The molecule has 0 aliphatic heterocycles. The summed E-state index contributed by atoms with van der Waals surface area (Å²) in [6.45, 7) is 1.77. The molecule has 1 aliphatic rings. The van der Waals surface area contributed by atoms with Crippen LogP contribution in [0.3, 0.4) is 0 Å². The van der Waals surface area contributed by atoms with Gasteiger partial charge in [-0.3, -0.25) is 14.3 Å². The minimum absolute atomic E-state index is 0.257. The summed E-state index contributed by atoms with van der Waals surface area (Å²) >= 11 is 0. The lowest BCUT2D eigenvalue weighted by Crippen LogP contribution is -2.16. The Kier molecular flexibility index (Phi) is 4.23. The van der Waals surface area contributed by atoms with E-state index in [9.17, 15) is 9.59 Å². The molecule has 4 rings (SSSR count). The molecule has 0 fully saturated rings. The second kappa shape index (κ2) is 6.71. The number of nitrogens with zero attached hydrogens (tertiary/aromatic N) is 4. The summed E-state index contributed by atoms with van der Waals surface area (Å²) in [6.07, 6.45) is 4.21. The number of anilines is 1. The molecule has 1 aliphatic carbocycles. The fourth-order valence-electron chi connectivity index (χ4n) is 3.35. The Bertz CT molecular complexity index is 1020. The van der Waals surface area contributed by atoms with E-state index in [4.69, 9.17) is 5.11 Å². The fourth-order valence-corrected chi connectivity index (χ4v) is 3.35. The van der Waals surface area contributed by atoms with E-state index in [0.29, 0.717) is 11.5 Å². The maximum atomic E-state index is 12.8. The van der Waals surface area contributed by atoms with Gasteiger partial charge >= 0.3 is 5.97 Å². The first kappa shape index (κ1) is 17.0. The lowest BCUT2D eigenvalue weighted by molar-refractivity contribution is -0.137. The molecule has 138 valence electrons. The number of benzene rings is 1. The topological polar surface area (TPSA) is 102 Å². The first-order valence-corrected chi connectivity index (χ1v) is 8.75. The number of nitrogens with one attached hydrogen (secondary N) is 1. The molecule has 0 atom stereocenters. The maximum absolute atomic E-state index is 12.8. The van der Waals surface area contributed by atoms with Gasteiger partial charge < -0.3 is 10.4 Å². The minimum Gasteiger partial charge on any atom is -0.480 e. The van der Waals surface area contributed by atoms with Crippen LogP contribution in [0.2, 0.25) is 0 Å². The summed E-state index contributed by atoms with van der Waals surface area (Å²) in [5, 5.41) is 20.1. The number of fused-ring (bicyclic) bond motifs is 1. The second-order valence-electron chi connectivity index (χ2n) is 6.62. The summed E-state index contributed by atoms with van der Waals surface area (Å²) in [4.78, 5) is 23.5. The Morgan fingerprint density at radius 1 is 1.15 bits per heavy atom. The highest BCUT2D eigenvalue weighted by Crippen LogP contribution is 2.28. The Labute approximate surface area is 155 Å². The first-order chi connectivity index (χ1) is 13.0. The van der Waals surface area contributed by atoms with Crippen molar-refractivity contribution in [2.24, 2.45) is 0 Å². The number of aliphatic carboxylic acids is 1. The van der Waals surface area contributed by atoms with Crippen molar-refractivity contribution in [2.45, 2.75) is 32.7 Å². The zero-order valence-electron chi connectivity index (χ0n) is 14.8. The summed E-state index contributed by atoms with van der Waals surface area (Å²) in [5.74, 6) is -1.02. The van der Waals surface area contributed by atoms with Crippen LogP contribution in [-0.2, 0) is 24.2 Å². The van der Waals surface area contributed by atoms with Gasteiger partial charge in [0.25, 0.3) is 5.91 Å². The zero-order valence-corrected chi connectivity index (χ0v) is 14.8. The van der Waals surface area contributed by atoms with Crippen molar-refractivity contribution >= 4 is 17.7 Å². The molecule has 2 heterocycles. The number of carbonyl (C=O) groups is 2. The van der Waals surface area contributed by atoms with Gasteiger partial charge in [0.15, 0.2) is 11.5 Å². The SMILES string of the molecule is Cc1ccc(-n2nc(C(=O)Nc3ccn(CC(=O)O)n3)c3c2CCC3)cc1. The van der Waals surface area contributed by atoms with Crippen molar-refractivity contribution in [3.8, 4) is 5.69 Å². The Morgan fingerprint density at radius 2 is 1.93 bits per heavy atom. The molecule has 0 saturated heterocycles. The Morgan fingerprint density at radius 3 is 2.67 bits per heavy atom. The quantitative estimate of drug-likeness (QED) is 0.722. The molecule has 2 aromatic heterocycles. The third-order valence-corrected chi connectivity index (χ3v) is 4.60. The molecule has 0 spiro atoms. The van der Waals surface area contributed by atoms with Gasteiger partial charge in [-0.2, -0.15) is 10.2 Å². The number of carboxylic acid groups (broad SMARTS) is 1. The van der Waals surface area contributed by atoms with Crippen LogP contribution in [0.1, 0.15) is 33.7 Å². The lowest BCUT2D eigenvalue weighted by atomic mass is 10.2. The van der Waals surface area contributed by atoms with E-state index in [1.807, 2.05) is 35.9 Å². The maximum Gasteiger partial charge on any atom is 0.325 e. The molecule has 0 radical (unpaired) electrons. The normalized spacial score (nSPS) is 12.8. The third kappa shape index (κ3) is 3.33. The highest BCUT2D eigenvalue weighted by molar-refractivity contribution is 6.03. The van der Waals surface area contributed by atoms with E-state index in [2.05, 4.69) is 15.5 Å². The summed E-state index contributed by atoms with van der Waals surface area (Å²) in [6, 6.07) is 9.60. The summed E-state index contributed by atoms with van der Waals surface area (Å²) in [5.41, 5.74) is 4.54. The molecule has 2 N–H and O–H groups in total. The molecule has 3 aromatic rings. The van der Waals surface area contributed by atoms with Crippen molar-refractivity contribution in [1.29, 1.82) is 0 Å². The molecule has 0 unspecified atom stereocenters. The first-order valence-electron chi connectivity index (χ1n) is 8.75. The Hall–Kier alpha value is -3.42. The molecular weight excluding hydrogens is 346 g/mol. The predicted octanol–water partition coefficient (Wildman–Crippen LogP) is 2.20. The molecule has 27 heavy (non-hydrogen) atoms. The molecule has 0 saturated carbocycles. The van der Waals surface area contributed by atoms with Crippen molar-refractivity contribution in [3.63, 3.8) is 0 Å². The lowest BCUT2D eigenvalue weighted by Gasteiger charge is -2.05. The van der Waals surface area contributed by atoms with Crippen LogP contribution in [0.15, 0.2) is 36.5 Å². The van der Waals surface area contributed by atoms with Crippen LogP contribution >= 0.6 is 0 Å². The number of amides is 1. The molecule has 1 aromatic carbocycles. The van der Waals surface area contributed by atoms with E-state index in [1.165, 1.54) is 10.9 Å². The number of aryl methyl sites for hydroxylation is 1. The summed E-state index contributed by atoms with van der Waals surface area (Å²) in [7, 11) is 0. The van der Waals surface area contributed by atoms with Crippen LogP contribution in [0, 0.1) is 6.92 Å². The van der Waals surface area contributed by atoms with E-state index >= 15 is 0 Å². The van der Waals surface area contributed by atoms with E-state index in [-0.39, 0.29) is 12.5 Å². The second-order valence-corrected chi connectivity index (χ2v) is 6.62. The van der Waals surface area contributed by atoms with Crippen LogP contribution in [0.4, 0.5) is 5.82 Å². The third-order valence-electron chi connectivity index (χ3n) is 4.60. The van der Waals surface area contributed by atoms with E-state index in [0.717, 1.165) is 41.8 Å². The van der Waals surface area contributed by atoms with Crippen LogP contribution in [-0.4, -0.2) is 36.5 Å². The smallest absolute Gasteiger partial charge is 0.325 e. The number of carbonyl (C=O) groups excluding carboxylic acids is 1. The van der Waals surface area contributed by atoms with Crippen LogP contribution < -0.4 is 5.32 Å². The highest BCUT2D eigenvalue weighted by Gasteiger charge is 2.27.